The molecule has 1 saturated heterocycles. The van der Waals surface area contributed by atoms with E-state index in [1.165, 1.54) is 18.2 Å². The largest absolute Gasteiger partial charge is 0.502 e. The number of aliphatic hydroxyl groups excluding tert-OH is 1. The second-order valence-corrected chi connectivity index (χ2v) is 8.67. The molecule has 1 aliphatic rings. The molecule has 7 N–H and O–H groups in total. The van der Waals surface area contributed by atoms with Crippen LogP contribution < -0.4 is 16.4 Å². The number of nitro groups is 1. The van der Waals surface area contributed by atoms with Crippen molar-refractivity contribution in [2.24, 2.45) is 0 Å². The standard InChI is InChI=1S/C24H27N5O9/c25-15-5-2-1-4-14(15)21(32)27-17(12-30)23(34)28-9-3-6-18(28)22(33)26-16(24(35)36)10-13-7-8-20(31)19(11-13)29(37)38/h1-2,4-5,7-8,11,16-18,30-31H,3,6,9-10,12,25H2,(H,26,33)(H,27,32)(H,35,36)/t16-,17+,18+/m0/s1. The van der Waals surface area contributed by atoms with Crippen molar-refractivity contribution >= 4 is 35.1 Å². The van der Waals surface area contributed by atoms with Crippen LogP contribution in [0.15, 0.2) is 42.5 Å². The second kappa shape index (κ2) is 12.0. The molecule has 0 bridgehead atoms. The van der Waals surface area contributed by atoms with E-state index < -0.39 is 64.8 Å². The molecule has 0 unspecified atom stereocenters. The maximum absolute atomic E-state index is 13.1. The average Bonchev–Trinajstić information content (AvgIpc) is 3.37. The van der Waals surface area contributed by atoms with Gasteiger partial charge in [-0.2, -0.15) is 0 Å². The molecule has 0 aliphatic carbocycles. The third-order valence-electron chi connectivity index (χ3n) is 6.12. The Morgan fingerprint density at radius 3 is 2.47 bits per heavy atom. The maximum Gasteiger partial charge on any atom is 0.326 e. The SMILES string of the molecule is Nc1ccccc1C(=O)N[C@H](CO)C(=O)N1CCC[C@@H]1C(=O)N[C@@H](Cc1ccc(O)c([N+](=O)[O-])c1)C(=O)O. The number of nitro benzene ring substituents is 1. The molecule has 1 fully saturated rings. The number of aliphatic carboxylic acids is 1. The quantitative estimate of drug-likeness (QED) is 0.135. The molecule has 2 aromatic rings. The number of nitrogens with two attached hydrogens (primary N) is 1. The average molecular weight is 530 g/mol. The van der Waals surface area contributed by atoms with Gasteiger partial charge in [-0.1, -0.05) is 18.2 Å². The highest BCUT2D eigenvalue weighted by atomic mass is 16.6. The zero-order chi connectivity index (χ0) is 28.0. The number of carbonyl (C=O) groups excluding carboxylic acids is 3. The topological polar surface area (TPSA) is 225 Å². The van der Waals surface area contributed by atoms with Crippen LogP contribution in [0.1, 0.15) is 28.8 Å². The van der Waals surface area contributed by atoms with Gasteiger partial charge in [-0.05, 0) is 36.6 Å². The molecule has 0 saturated carbocycles. The number of hydrogen-bond donors (Lipinski definition) is 6. The number of amides is 3. The van der Waals surface area contributed by atoms with Gasteiger partial charge in [0.15, 0.2) is 5.75 Å². The molecule has 38 heavy (non-hydrogen) atoms. The van der Waals surface area contributed by atoms with E-state index in [1.54, 1.807) is 12.1 Å². The van der Waals surface area contributed by atoms with E-state index in [1.807, 2.05) is 0 Å². The Morgan fingerprint density at radius 1 is 1.13 bits per heavy atom. The second-order valence-electron chi connectivity index (χ2n) is 8.67. The van der Waals surface area contributed by atoms with Crippen molar-refractivity contribution in [3.05, 3.63) is 63.7 Å². The summed E-state index contributed by atoms with van der Waals surface area (Å²) in [6, 6.07) is 5.59. The van der Waals surface area contributed by atoms with Gasteiger partial charge in [-0.25, -0.2) is 4.79 Å². The van der Waals surface area contributed by atoms with Gasteiger partial charge in [-0.3, -0.25) is 24.5 Å². The number of hydrogen-bond acceptors (Lipinski definition) is 9. The molecule has 2 aromatic carbocycles. The van der Waals surface area contributed by atoms with Crippen molar-refractivity contribution in [3.63, 3.8) is 0 Å². The Labute approximate surface area is 216 Å². The number of nitrogens with zero attached hydrogens (tertiary/aromatic N) is 2. The van der Waals surface area contributed by atoms with Gasteiger partial charge in [0.1, 0.15) is 18.1 Å². The summed E-state index contributed by atoms with van der Waals surface area (Å²) in [5.41, 5.74) is 5.64. The maximum atomic E-state index is 13.1. The lowest BCUT2D eigenvalue weighted by molar-refractivity contribution is -0.385. The fourth-order valence-electron chi connectivity index (χ4n) is 4.17. The van der Waals surface area contributed by atoms with Crippen LogP contribution in [0, 0.1) is 10.1 Å². The number of nitrogen functional groups attached to an aromatic ring is 1. The van der Waals surface area contributed by atoms with Crippen LogP contribution in [0.2, 0.25) is 0 Å². The summed E-state index contributed by atoms with van der Waals surface area (Å²) in [7, 11) is 0. The minimum atomic E-state index is -1.49. The number of rotatable bonds is 10. The monoisotopic (exact) mass is 529 g/mol. The summed E-state index contributed by atoms with van der Waals surface area (Å²) in [5.74, 6) is -4.19. The van der Waals surface area contributed by atoms with Crippen LogP contribution in [-0.2, 0) is 20.8 Å². The van der Waals surface area contributed by atoms with Gasteiger partial charge >= 0.3 is 11.7 Å². The number of benzene rings is 2. The van der Waals surface area contributed by atoms with Crippen molar-refractivity contribution in [3.8, 4) is 5.75 Å². The van der Waals surface area contributed by atoms with Crippen LogP contribution >= 0.6 is 0 Å². The number of aliphatic hydroxyl groups is 1. The molecule has 3 atom stereocenters. The summed E-state index contributed by atoms with van der Waals surface area (Å²) in [4.78, 5) is 61.9. The number of carboxylic acids is 1. The predicted octanol–water partition coefficient (Wildman–Crippen LogP) is -0.224. The zero-order valence-electron chi connectivity index (χ0n) is 20.1. The van der Waals surface area contributed by atoms with Crippen LogP contribution in [-0.4, -0.2) is 80.1 Å². The molecule has 1 aliphatic heterocycles. The molecule has 14 nitrogen and oxygen atoms in total. The van der Waals surface area contributed by atoms with Gasteiger partial charge in [0.25, 0.3) is 5.91 Å². The number of nitrogens with one attached hydrogen (secondary N) is 2. The molecule has 0 aromatic heterocycles. The first-order valence-electron chi connectivity index (χ1n) is 11.6. The summed E-state index contributed by atoms with van der Waals surface area (Å²) in [6.07, 6.45) is 0.312. The molecule has 3 rings (SSSR count). The smallest absolute Gasteiger partial charge is 0.326 e. The molecular weight excluding hydrogens is 502 g/mol. The number of phenols is 1. The summed E-state index contributed by atoms with van der Waals surface area (Å²) < 4.78 is 0. The fraction of sp³-hybridized carbons (Fsp3) is 0.333. The van der Waals surface area contributed by atoms with E-state index in [0.717, 1.165) is 17.0 Å². The highest BCUT2D eigenvalue weighted by molar-refractivity contribution is 6.02. The van der Waals surface area contributed by atoms with Gasteiger partial charge in [0, 0.05) is 24.7 Å². The lowest BCUT2D eigenvalue weighted by Crippen LogP contribution is -2.56. The minimum Gasteiger partial charge on any atom is -0.502 e. The number of para-hydroxylation sites is 1. The molecule has 202 valence electrons. The van der Waals surface area contributed by atoms with Gasteiger partial charge in [0.05, 0.1) is 17.1 Å². The predicted molar refractivity (Wildman–Crippen MR) is 132 cm³/mol. The van der Waals surface area contributed by atoms with Crippen molar-refractivity contribution in [2.45, 2.75) is 37.4 Å². The molecular formula is C24H27N5O9. The lowest BCUT2D eigenvalue weighted by Gasteiger charge is -2.29. The number of carboxylic acid groups (broad SMARTS) is 1. The fourth-order valence-corrected chi connectivity index (χ4v) is 4.17. The van der Waals surface area contributed by atoms with Crippen molar-refractivity contribution in [1.82, 2.24) is 15.5 Å². The summed E-state index contributed by atoms with van der Waals surface area (Å²) >= 11 is 0. The first kappa shape index (κ1) is 27.9. The van der Waals surface area contributed by atoms with Crippen molar-refractivity contribution in [1.29, 1.82) is 0 Å². The first-order chi connectivity index (χ1) is 18.0. The Balaban J connectivity index is 1.71. The normalized spacial score (nSPS) is 16.3. The molecule has 1 heterocycles. The van der Waals surface area contributed by atoms with Gasteiger partial charge in [-0.15, -0.1) is 0 Å². The van der Waals surface area contributed by atoms with Crippen molar-refractivity contribution < 1.29 is 39.4 Å². The third-order valence-corrected chi connectivity index (χ3v) is 6.12. The van der Waals surface area contributed by atoms with Crippen LogP contribution in [0.3, 0.4) is 0 Å². The van der Waals surface area contributed by atoms with E-state index in [-0.39, 0.29) is 36.2 Å². The lowest BCUT2D eigenvalue weighted by atomic mass is 10.0. The first-order valence-corrected chi connectivity index (χ1v) is 11.6. The summed E-state index contributed by atoms with van der Waals surface area (Å²) in [6.45, 7) is -0.613. The minimum absolute atomic E-state index is 0.105. The van der Waals surface area contributed by atoms with E-state index in [2.05, 4.69) is 10.6 Å². The Hall–Kier alpha value is -4.72. The highest BCUT2D eigenvalue weighted by Crippen LogP contribution is 2.27. The van der Waals surface area contributed by atoms with Crippen LogP contribution in [0.4, 0.5) is 11.4 Å². The zero-order valence-corrected chi connectivity index (χ0v) is 20.1. The molecule has 0 spiro atoms. The number of likely N-dealkylation sites (tertiary alicyclic amines) is 1. The van der Waals surface area contributed by atoms with E-state index >= 15 is 0 Å². The number of aromatic hydroxyl groups is 1. The molecule has 14 heteroatoms. The van der Waals surface area contributed by atoms with E-state index in [4.69, 9.17) is 5.73 Å². The van der Waals surface area contributed by atoms with E-state index in [0.29, 0.717) is 6.42 Å². The third kappa shape index (κ3) is 6.34. The Morgan fingerprint density at radius 2 is 1.84 bits per heavy atom. The van der Waals surface area contributed by atoms with Crippen molar-refractivity contribution in [2.75, 3.05) is 18.9 Å². The van der Waals surface area contributed by atoms with Crippen LogP contribution in [0.5, 0.6) is 5.75 Å². The summed E-state index contributed by atoms with van der Waals surface area (Å²) in [5, 5.41) is 44.8. The highest BCUT2D eigenvalue weighted by Gasteiger charge is 2.39. The number of carbonyl (C=O) groups is 4. The number of anilines is 1. The Kier molecular flexibility index (Phi) is 8.81. The number of phenolic OH excluding ortho intramolecular Hbond substituents is 1. The van der Waals surface area contributed by atoms with Crippen LogP contribution in [0.25, 0.3) is 0 Å². The Bertz CT molecular complexity index is 1250. The van der Waals surface area contributed by atoms with Gasteiger partial charge < -0.3 is 36.6 Å². The van der Waals surface area contributed by atoms with E-state index in [9.17, 15) is 44.6 Å². The molecule has 3 amide bonds. The molecule has 0 radical (unpaired) electrons. The van der Waals surface area contributed by atoms with Gasteiger partial charge in [0.2, 0.25) is 11.8 Å².